The lowest BCUT2D eigenvalue weighted by Crippen LogP contribution is -2.32. The van der Waals surface area contributed by atoms with E-state index in [0.717, 1.165) is 16.3 Å². The van der Waals surface area contributed by atoms with Crippen molar-refractivity contribution in [3.8, 4) is 5.75 Å². The first-order valence-corrected chi connectivity index (χ1v) is 10.6. The van der Waals surface area contributed by atoms with E-state index in [0.29, 0.717) is 36.0 Å². The van der Waals surface area contributed by atoms with E-state index in [1.54, 1.807) is 12.1 Å². The van der Waals surface area contributed by atoms with Crippen LogP contribution in [0, 0.1) is 5.82 Å². The summed E-state index contributed by atoms with van der Waals surface area (Å²) in [5, 5.41) is 15.2. The van der Waals surface area contributed by atoms with Crippen molar-refractivity contribution in [2.45, 2.75) is 13.2 Å². The Hall–Kier alpha value is -3.69. The zero-order chi connectivity index (χ0) is 23.2. The Morgan fingerprint density at radius 2 is 1.91 bits per heavy atom. The number of carbonyl (C=O) groups is 1. The molecule has 0 aliphatic rings. The van der Waals surface area contributed by atoms with Crippen molar-refractivity contribution in [2.24, 2.45) is 0 Å². The lowest BCUT2D eigenvalue weighted by atomic mass is 10.0. The number of nitrogen functional groups attached to an aromatic ring is 1. The number of nitrogens with one attached hydrogen (secondary N) is 2. The molecular weight excluding hydrogens is 449 g/mol. The molecule has 1 aromatic heterocycles. The van der Waals surface area contributed by atoms with E-state index in [9.17, 15) is 9.18 Å². The first-order valence-electron chi connectivity index (χ1n) is 10.2. The summed E-state index contributed by atoms with van der Waals surface area (Å²) in [6, 6.07) is 16.2. The van der Waals surface area contributed by atoms with Crippen LogP contribution in [0.5, 0.6) is 5.75 Å². The highest BCUT2D eigenvalue weighted by Crippen LogP contribution is 2.30. The van der Waals surface area contributed by atoms with Gasteiger partial charge in [0.05, 0.1) is 5.02 Å². The minimum Gasteiger partial charge on any atom is -0.488 e. The van der Waals surface area contributed by atoms with Crippen LogP contribution in [-0.2, 0) is 13.2 Å². The molecule has 0 spiro atoms. The first-order chi connectivity index (χ1) is 16.0. The van der Waals surface area contributed by atoms with Gasteiger partial charge in [-0.1, -0.05) is 48.0 Å². The summed E-state index contributed by atoms with van der Waals surface area (Å²) in [7, 11) is 0. The van der Waals surface area contributed by atoms with E-state index < -0.39 is 11.7 Å². The first kappa shape index (κ1) is 22.5. The van der Waals surface area contributed by atoms with Crippen molar-refractivity contribution in [3.63, 3.8) is 0 Å². The smallest absolute Gasteiger partial charge is 0.277 e. The standard InChI is InChI=1S/C23H21ClFN5O3/c24-18-6-3-7-19(25)17(18)13-32-20-9-8-14-4-1-2-5-15(14)16(20)12-27-10-11-28-23(31)21-22(26)30-33-29-21/h1-9,27H,10-13H2,(H2,26,30)(H,28,31). The number of nitrogens with two attached hydrogens (primary N) is 1. The van der Waals surface area contributed by atoms with Crippen LogP contribution in [0.25, 0.3) is 10.8 Å². The van der Waals surface area contributed by atoms with Gasteiger partial charge in [-0.25, -0.2) is 9.02 Å². The normalized spacial score (nSPS) is 11.0. The molecule has 0 unspecified atom stereocenters. The number of hydrogen-bond acceptors (Lipinski definition) is 7. The van der Waals surface area contributed by atoms with E-state index in [4.69, 9.17) is 22.1 Å². The van der Waals surface area contributed by atoms with Crippen LogP contribution < -0.4 is 21.1 Å². The highest BCUT2D eigenvalue weighted by Gasteiger charge is 2.15. The summed E-state index contributed by atoms with van der Waals surface area (Å²) in [5.41, 5.74) is 6.68. The molecule has 1 amide bonds. The Morgan fingerprint density at radius 3 is 2.70 bits per heavy atom. The van der Waals surface area contributed by atoms with Gasteiger partial charge in [0.15, 0.2) is 0 Å². The number of amides is 1. The number of anilines is 1. The van der Waals surface area contributed by atoms with Gasteiger partial charge < -0.3 is 21.1 Å². The average molecular weight is 470 g/mol. The molecule has 4 rings (SSSR count). The fourth-order valence-electron chi connectivity index (χ4n) is 3.37. The molecule has 0 saturated heterocycles. The van der Waals surface area contributed by atoms with Crippen molar-refractivity contribution in [1.82, 2.24) is 20.9 Å². The minimum absolute atomic E-state index is 0.0000617. The molecule has 0 aliphatic carbocycles. The van der Waals surface area contributed by atoms with E-state index in [-0.39, 0.29) is 18.1 Å². The SMILES string of the molecule is Nc1nonc1C(=O)NCCNCc1c(OCc2c(F)cccc2Cl)ccc2ccccc12. The van der Waals surface area contributed by atoms with Crippen molar-refractivity contribution >= 4 is 34.1 Å². The summed E-state index contributed by atoms with van der Waals surface area (Å²) >= 11 is 6.13. The Morgan fingerprint density at radius 1 is 1.06 bits per heavy atom. The summed E-state index contributed by atoms with van der Waals surface area (Å²) in [5.74, 6) is -0.327. The fourth-order valence-corrected chi connectivity index (χ4v) is 3.59. The summed E-state index contributed by atoms with van der Waals surface area (Å²) in [6.45, 7) is 1.26. The number of hydrogen-bond donors (Lipinski definition) is 3. The molecule has 170 valence electrons. The summed E-state index contributed by atoms with van der Waals surface area (Å²) < 4.78 is 24.6. The fraction of sp³-hybridized carbons (Fsp3) is 0.174. The number of fused-ring (bicyclic) bond motifs is 1. The maximum absolute atomic E-state index is 14.2. The van der Waals surface area contributed by atoms with Crippen LogP contribution in [-0.4, -0.2) is 29.3 Å². The largest absolute Gasteiger partial charge is 0.488 e. The predicted molar refractivity (Wildman–Crippen MR) is 122 cm³/mol. The van der Waals surface area contributed by atoms with Crippen LogP contribution in [0.2, 0.25) is 5.02 Å². The monoisotopic (exact) mass is 469 g/mol. The number of ether oxygens (including phenoxy) is 1. The average Bonchev–Trinajstić information content (AvgIpc) is 3.25. The molecule has 3 aromatic carbocycles. The Labute approximate surface area is 193 Å². The molecule has 33 heavy (non-hydrogen) atoms. The van der Waals surface area contributed by atoms with Crippen molar-refractivity contribution in [2.75, 3.05) is 18.8 Å². The number of carbonyl (C=O) groups excluding carboxylic acids is 1. The molecule has 4 N–H and O–H groups in total. The van der Waals surface area contributed by atoms with E-state index >= 15 is 0 Å². The third-order valence-corrected chi connectivity index (χ3v) is 5.40. The van der Waals surface area contributed by atoms with E-state index in [1.807, 2.05) is 36.4 Å². The van der Waals surface area contributed by atoms with E-state index in [1.165, 1.54) is 6.07 Å². The number of nitrogens with zero attached hydrogens (tertiary/aromatic N) is 2. The Balaban J connectivity index is 1.43. The lowest BCUT2D eigenvalue weighted by molar-refractivity contribution is 0.0944. The maximum Gasteiger partial charge on any atom is 0.277 e. The maximum atomic E-state index is 14.2. The van der Waals surface area contributed by atoms with Gasteiger partial charge in [0, 0.05) is 30.8 Å². The van der Waals surface area contributed by atoms with Crippen LogP contribution in [0.4, 0.5) is 10.2 Å². The van der Waals surface area contributed by atoms with Crippen LogP contribution in [0.3, 0.4) is 0 Å². The second-order valence-electron chi connectivity index (χ2n) is 7.18. The van der Waals surface area contributed by atoms with Crippen molar-refractivity contribution in [3.05, 3.63) is 82.3 Å². The quantitative estimate of drug-likeness (QED) is 0.320. The number of aromatic nitrogens is 2. The second kappa shape index (κ2) is 10.3. The molecule has 0 atom stereocenters. The second-order valence-corrected chi connectivity index (χ2v) is 7.59. The molecule has 0 bridgehead atoms. The third kappa shape index (κ3) is 5.21. The van der Waals surface area contributed by atoms with Crippen LogP contribution in [0.15, 0.2) is 59.2 Å². The van der Waals surface area contributed by atoms with Gasteiger partial charge in [-0.15, -0.1) is 0 Å². The molecule has 0 fully saturated rings. The number of benzene rings is 3. The van der Waals surface area contributed by atoms with Gasteiger partial charge >= 0.3 is 0 Å². The Bertz CT molecular complexity index is 1260. The summed E-state index contributed by atoms with van der Waals surface area (Å²) in [6.07, 6.45) is 0. The number of halogens is 2. The van der Waals surface area contributed by atoms with Crippen LogP contribution in [0.1, 0.15) is 21.6 Å². The van der Waals surface area contributed by atoms with Gasteiger partial charge in [-0.2, -0.15) is 0 Å². The highest BCUT2D eigenvalue weighted by molar-refractivity contribution is 6.31. The minimum atomic E-state index is -0.466. The third-order valence-electron chi connectivity index (χ3n) is 5.05. The van der Waals surface area contributed by atoms with Crippen molar-refractivity contribution < 1.29 is 18.6 Å². The van der Waals surface area contributed by atoms with Crippen LogP contribution >= 0.6 is 11.6 Å². The molecule has 0 aliphatic heterocycles. The molecule has 8 nitrogen and oxygen atoms in total. The zero-order valence-electron chi connectivity index (χ0n) is 17.5. The predicted octanol–water partition coefficient (Wildman–Crippen LogP) is 3.70. The lowest BCUT2D eigenvalue weighted by Gasteiger charge is -2.16. The van der Waals surface area contributed by atoms with Gasteiger partial charge in [0.2, 0.25) is 11.5 Å². The molecule has 1 heterocycles. The van der Waals surface area contributed by atoms with Gasteiger partial charge in [-0.05, 0) is 39.3 Å². The molecule has 4 aromatic rings. The zero-order valence-corrected chi connectivity index (χ0v) is 18.2. The van der Waals surface area contributed by atoms with Gasteiger partial charge in [0.25, 0.3) is 5.91 Å². The molecule has 0 saturated carbocycles. The molecule has 0 radical (unpaired) electrons. The van der Waals surface area contributed by atoms with Gasteiger partial charge in [0.1, 0.15) is 18.2 Å². The Kier molecular flexibility index (Phi) is 7.01. The van der Waals surface area contributed by atoms with E-state index in [2.05, 4.69) is 25.6 Å². The highest BCUT2D eigenvalue weighted by atomic mass is 35.5. The van der Waals surface area contributed by atoms with Crippen molar-refractivity contribution in [1.29, 1.82) is 0 Å². The topological polar surface area (TPSA) is 115 Å². The van der Waals surface area contributed by atoms with Gasteiger partial charge in [-0.3, -0.25) is 4.79 Å². The number of rotatable bonds is 9. The molecule has 10 heteroatoms. The summed E-state index contributed by atoms with van der Waals surface area (Å²) in [4.78, 5) is 12.0. The molecular formula is C23H21ClFN5O3.